The van der Waals surface area contributed by atoms with E-state index in [1.165, 1.54) is 12.3 Å². The molecule has 0 aliphatic heterocycles. The molecule has 2 aromatic rings. The summed E-state index contributed by atoms with van der Waals surface area (Å²) in [4.78, 5) is 12.4. The van der Waals surface area contributed by atoms with E-state index in [1.54, 1.807) is 12.1 Å². The first kappa shape index (κ1) is 18.1. The summed E-state index contributed by atoms with van der Waals surface area (Å²) in [5.41, 5.74) is 0.343. The summed E-state index contributed by atoms with van der Waals surface area (Å²) in [6.07, 6.45) is 2.80. The summed E-state index contributed by atoms with van der Waals surface area (Å²) in [6, 6.07) is 4.75. The monoisotopic (exact) mass is 375 g/mol. The Bertz CT molecular complexity index is 749. The van der Waals surface area contributed by atoms with Gasteiger partial charge in [-0.1, -0.05) is 41.7 Å². The Morgan fingerprint density at radius 2 is 2.09 bits per heavy atom. The van der Waals surface area contributed by atoms with Crippen LogP contribution in [0.3, 0.4) is 0 Å². The first-order valence-corrected chi connectivity index (χ1v) is 8.22. The summed E-state index contributed by atoms with van der Waals surface area (Å²) >= 11 is 18.1. The summed E-state index contributed by atoms with van der Waals surface area (Å²) in [5.74, 6) is 0. The molecule has 5 nitrogen and oxygen atoms in total. The Labute approximate surface area is 148 Å². The number of halogens is 3. The Balaban J connectivity index is 2.39. The Kier molecular flexibility index (Phi) is 6.30. The van der Waals surface area contributed by atoms with Gasteiger partial charge in [0.15, 0.2) is 0 Å². The van der Waals surface area contributed by atoms with E-state index in [0.717, 1.165) is 11.1 Å². The first-order valence-electron chi connectivity index (χ1n) is 7.08. The molecule has 0 saturated heterocycles. The van der Waals surface area contributed by atoms with Crippen LogP contribution in [-0.2, 0) is 0 Å². The van der Waals surface area contributed by atoms with Crippen LogP contribution in [0.2, 0.25) is 15.1 Å². The van der Waals surface area contributed by atoms with Crippen LogP contribution >= 0.6 is 34.8 Å². The Hall–Kier alpha value is -1.27. The predicted octanol–water partition coefficient (Wildman–Crippen LogP) is 3.77. The number of hydrogen-bond acceptors (Lipinski definition) is 4. The number of aliphatic hydroxyl groups excluding tert-OH is 1. The van der Waals surface area contributed by atoms with Gasteiger partial charge >= 0.3 is 0 Å². The standard InChI is InChI=1S/C15H16Cl3N3O2/c1-2-10(5-6-22)20-12-8-19-21(15(23)14(12)18)13-4-3-9(16)7-11(13)17/h3-4,7-8,10,20,22H,2,5-6H2,1H3. The lowest BCUT2D eigenvalue weighted by molar-refractivity contribution is 0.278. The first-order chi connectivity index (χ1) is 11.0. The predicted molar refractivity (Wildman–Crippen MR) is 94.3 cm³/mol. The lowest BCUT2D eigenvalue weighted by Gasteiger charge is -2.18. The highest BCUT2D eigenvalue weighted by Crippen LogP contribution is 2.24. The minimum Gasteiger partial charge on any atom is -0.396 e. The molecule has 23 heavy (non-hydrogen) atoms. The van der Waals surface area contributed by atoms with E-state index < -0.39 is 5.56 Å². The van der Waals surface area contributed by atoms with Crippen LogP contribution in [0.1, 0.15) is 19.8 Å². The normalized spacial score (nSPS) is 12.2. The molecule has 1 unspecified atom stereocenters. The van der Waals surface area contributed by atoms with Crippen molar-refractivity contribution in [3.8, 4) is 5.69 Å². The summed E-state index contributed by atoms with van der Waals surface area (Å²) < 4.78 is 1.12. The highest BCUT2D eigenvalue weighted by Gasteiger charge is 2.15. The second-order valence-electron chi connectivity index (χ2n) is 4.95. The minimum absolute atomic E-state index is 0.00803. The van der Waals surface area contributed by atoms with Gasteiger partial charge in [-0.05, 0) is 31.0 Å². The lowest BCUT2D eigenvalue weighted by atomic mass is 10.1. The lowest BCUT2D eigenvalue weighted by Crippen LogP contribution is -2.26. The SMILES string of the molecule is CCC(CCO)Nc1cnn(-c2ccc(Cl)cc2Cl)c(=O)c1Cl. The second-order valence-corrected chi connectivity index (χ2v) is 6.17. The molecule has 0 amide bonds. The molecular formula is C15H16Cl3N3O2. The van der Waals surface area contributed by atoms with Gasteiger partial charge in [0.25, 0.3) is 5.56 Å². The number of hydrogen-bond donors (Lipinski definition) is 2. The highest BCUT2D eigenvalue weighted by molar-refractivity contribution is 6.36. The third-order valence-corrected chi connectivity index (χ3v) is 4.29. The van der Waals surface area contributed by atoms with Gasteiger partial charge in [0, 0.05) is 17.7 Å². The van der Waals surface area contributed by atoms with Crippen molar-refractivity contribution in [3.63, 3.8) is 0 Å². The van der Waals surface area contributed by atoms with E-state index in [4.69, 9.17) is 39.9 Å². The van der Waals surface area contributed by atoms with E-state index in [9.17, 15) is 4.79 Å². The number of nitrogens with zero attached hydrogens (tertiary/aromatic N) is 2. The largest absolute Gasteiger partial charge is 0.396 e. The van der Waals surface area contributed by atoms with Gasteiger partial charge < -0.3 is 10.4 Å². The summed E-state index contributed by atoms with van der Waals surface area (Å²) in [7, 11) is 0. The zero-order chi connectivity index (χ0) is 17.0. The van der Waals surface area contributed by atoms with Crippen molar-refractivity contribution in [1.82, 2.24) is 9.78 Å². The van der Waals surface area contributed by atoms with E-state index in [-0.39, 0.29) is 17.7 Å². The van der Waals surface area contributed by atoms with Crippen LogP contribution in [0.4, 0.5) is 5.69 Å². The van der Waals surface area contributed by atoms with Crippen molar-refractivity contribution < 1.29 is 5.11 Å². The number of nitrogens with one attached hydrogen (secondary N) is 1. The van der Waals surface area contributed by atoms with E-state index >= 15 is 0 Å². The highest BCUT2D eigenvalue weighted by atomic mass is 35.5. The van der Waals surface area contributed by atoms with Gasteiger partial charge in [0.2, 0.25) is 0 Å². The van der Waals surface area contributed by atoms with Crippen molar-refractivity contribution >= 4 is 40.5 Å². The number of rotatable bonds is 6. The van der Waals surface area contributed by atoms with Gasteiger partial charge in [-0.25, -0.2) is 0 Å². The van der Waals surface area contributed by atoms with E-state index in [2.05, 4.69) is 10.4 Å². The second kappa shape index (κ2) is 8.02. The molecule has 1 aromatic heterocycles. The molecule has 124 valence electrons. The molecule has 0 spiro atoms. The maximum absolute atomic E-state index is 12.4. The maximum atomic E-state index is 12.4. The molecule has 1 aromatic carbocycles. The molecule has 2 N–H and O–H groups in total. The van der Waals surface area contributed by atoms with E-state index in [0.29, 0.717) is 27.8 Å². The molecule has 0 aliphatic carbocycles. The smallest absolute Gasteiger partial charge is 0.292 e. The molecule has 1 heterocycles. The average molecular weight is 377 g/mol. The van der Waals surface area contributed by atoms with Gasteiger partial charge in [-0.15, -0.1) is 0 Å². The van der Waals surface area contributed by atoms with Crippen LogP contribution < -0.4 is 10.9 Å². The number of aromatic nitrogens is 2. The van der Waals surface area contributed by atoms with Crippen LogP contribution in [0.25, 0.3) is 5.69 Å². The van der Waals surface area contributed by atoms with Crippen molar-refractivity contribution in [3.05, 3.63) is 49.8 Å². The third-order valence-electron chi connectivity index (χ3n) is 3.39. The Morgan fingerprint density at radius 1 is 1.35 bits per heavy atom. The van der Waals surface area contributed by atoms with Gasteiger partial charge in [-0.2, -0.15) is 9.78 Å². The molecule has 0 saturated carbocycles. The number of aliphatic hydroxyl groups is 1. The molecular weight excluding hydrogens is 361 g/mol. The fourth-order valence-electron chi connectivity index (χ4n) is 2.11. The van der Waals surface area contributed by atoms with Gasteiger partial charge in [0.1, 0.15) is 5.02 Å². The maximum Gasteiger partial charge on any atom is 0.292 e. The topological polar surface area (TPSA) is 67.2 Å². The van der Waals surface area contributed by atoms with Gasteiger partial charge in [0.05, 0.1) is 22.6 Å². The van der Waals surface area contributed by atoms with E-state index in [1.807, 2.05) is 6.92 Å². The fourth-order valence-corrected chi connectivity index (χ4v) is 2.78. The molecule has 8 heteroatoms. The molecule has 1 atom stereocenters. The van der Waals surface area contributed by atoms with Crippen molar-refractivity contribution in [2.75, 3.05) is 11.9 Å². The van der Waals surface area contributed by atoms with Crippen molar-refractivity contribution in [2.24, 2.45) is 0 Å². The van der Waals surface area contributed by atoms with Crippen LogP contribution in [0.5, 0.6) is 0 Å². The molecule has 0 bridgehead atoms. The summed E-state index contributed by atoms with van der Waals surface area (Å²) in [6.45, 7) is 2.03. The number of anilines is 1. The number of benzene rings is 1. The fraction of sp³-hybridized carbons (Fsp3) is 0.333. The van der Waals surface area contributed by atoms with Crippen molar-refractivity contribution in [1.29, 1.82) is 0 Å². The van der Waals surface area contributed by atoms with Crippen LogP contribution in [0.15, 0.2) is 29.2 Å². The zero-order valence-electron chi connectivity index (χ0n) is 12.4. The zero-order valence-corrected chi connectivity index (χ0v) is 14.7. The molecule has 2 rings (SSSR count). The molecule has 0 radical (unpaired) electrons. The van der Waals surface area contributed by atoms with Crippen LogP contribution in [-0.4, -0.2) is 27.5 Å². The van der Waals surface area contributed by atoms with Crippen molar-refractivity contribution in [2.45, 2.75) is 25.8 Å². The minimum atomic E-state index is -0.486. The quantitative estimate of drug-likeness (QED) is 0.805. The van der Waals surface area contributed by atoms with Crippen LogP contribution in [0, 0.1) is 0 Å². The Morgan fingerprint density at radius 3 is 2.70 bits per heavy atom. The molecule has 0 fully saturated rings. The average Bonchev–Trinajstić information content (AvgIpc) is 2.52. The summed E-state index contributed by atoms with van der Waals surface area (Å²) in [5, 5.41) is 17.1. The third kappa shape index (κ3) is 4.18. The van der Waals surface area contributed by atoms with Gasteiger partial charge in [-0.3, -0.25) is 4.79 Å². The molecule has 0 aliphatic rings.